The van der Waals surface area contributed by atoms with Crippen LogP contribution >= 0.6 is 11.3 Å². The number of nitrogens with two attached hydrogens (primary N) is 1. The summed E-state index contributed by atoms with van der Waals surface area (Å²) >= 11 is 1.73. The van der Waals surface area contributed by atoms with E-state index in [2.05, 4.69) is 29.3 Å². The number of rotatable bonds is 4. The standard InChI is InChI=1S/C16H24N2OS/c1-12-4-2-8-16(17,10-12)15(19)18(13-6-7-13)11-14-5-3-9-20-14/h3,5,9,12-13H,2,4,6-8,10-11,17H2,1H3. The molecule has 0 aromatic carbocycles. The molecule has 1 aromatic heterocycles. The summed E-state index contributed by atoms with van der Waals surface area (Å²) in [6, 6.07) is 4.60. The SMILES string of the molecule is CC1CCCC(N)(C(=O)N(Cc2cccs2)C2CC2)C1. The topological polar surface area (TPSA) is 46.3 Å². The summed E-state index contributed by atoms with van der Waals surface area (Å²) in [6.07, 6.45) is 6.27. The average Bonchev–Trinajstić information content (AvgIpc) is 3.12. The molecule has 4 heteroatoms. The summed E-state index contributed by atoms with van der Waals surface area (Å²) in [5.74, 6) is 0.764. The molecule has 1 heterocycles. The predicted octanol–water partition coefficient (Wildman–Crippen LogP) is 3.15. The largest absolute Gasteiger partial charge is 0.333 e. The Hall–Kier alpha value is -0.870. The highest BCUT2D eigenvalue weighted by Gasteiger charge is 2.44. The first-order valence-corrected chi connectivity index (χ1v) is 8.59. The van der Waals surface area contributed by atoms with Gasteiger partial charge in [-0.1, -0.05) is 25.8 Å². The maximum atomic E-state index is 13.0. The van der Waals surface area contributed by atoms with Crippen LogP contribution in [-0.2, 0) is 11.3 Å². The highest BCUT2D eigenvalue weighted by atomic mass is 32.1. The van der Waals surface area contributed by atoms with Gasteiger partial charge in [0.1, 0.15) is 0 Å². The lowest BCUT2D eigenvalue weighted by Crippen LogP contribution is -2.57. The van der Waals surface area contributed by atoms with E-state index < -0.39 is 5.54 Å². The van der Waals surface area contributed by atoms with Crippen molar-refractivity contribution in [2.24, 2.45) is 11.7 Å². The molecule has 1 amide bonds. The van der Waals surface area contributed by atoms with Gasteiger partial charge >= 0.3 is 0 Å². The highest BCUT2D eigenvalue weighted by Crippen LogP contribution is 2.36. The van der Waals surface area contributed by atoms with Gasteiger partial charge in [-0.3, -0.25) is 4.79 Å². The number of hydrogen-bond donors (Lipinski definition) is 1. The Morgan fingerprint density at radius 3 is 2.90 bits per heavy atom. The van der Waals surface area contributed by atoms with Crippen molar-refractivity contribution >= 4 is 17.2 Å². The van der Waals surface area contributed by atoms with E-state index in [1.807, 2.05) is 0 Å². The molecule has 0 spiro atoms. The molecule has 110 valence electrons. The zero-order chi connectivity index (χ0) is 14.2. The quantitative estimate of drug-likeness (QED) is 0.926. The molecule has 2 unspecified atom stereocenters. The number of hydrogen-bond acceptors (Lipinski definition) is 3. The molecule has 20 heavy (non-hydrogen) atoms. The Bertz CT molecular complexity index is 469. The van der Waals surface area contributed by atoms with Gasteiger partial charge in [-0.15, -0.1) is 11.3 Å². The molecule has 2 atom stereocenters. The van der Waals surface area contributed by atoms with Crippen LogP contribution in [0.25, 0.3) is 0 Å². The minimum absolute atomic E-state index is 0.194. The van der Waals surface area contributed by atoms with Crippen molar-refractivity contribution in [2.75, 3.05) is 0 Å². The van der Waals surface area contributed by atoms with Crippen LogP contribution in [0.4, 0.5) is 0 Å². The molecule has 2 fully saturated rings. The van der Waals surface area contributed by atoms with Gasteiger partial charge in [-0.2, -0.15) is 0 Å². The van der Waals surface area contributed by atoms with Crippen LogP contribution in [0, 0.1) is 5.92 Å². The van der Waals surface area contributed by atoms with Gasteiger partial charge in [-0.25, -0.2) is 0 Å². The minimum Gasteiger partial charge on any atom is -0.333 e. The van der Waals surface area contributed by atoms with Crippen molar-refractivity contribution in [3.63, 3.8) is 0 Å². The highest BCUT2D eigenvalue weighted by molar-refractivity contribution is 7.09. The zero-order valence-electron chi connectivity index (χ0n) is 12.2. The molecule has 3 nitrogen and oxygen atoms in total. The molecule has 1 aromatic rings. The molecule has 0 radical (unpaired) electrons. The van der Waals surface area contributed by atoms with Crippen molar-refractivity contribution in [1.82, 2.24) is 4.90 Å². The fraction of sp³-hybridized carbons (Fsp3) is 0.688. The van der Waals surface area contributed by atoms with Gasteiger partial charge in [0.2, 0.25) is 5.91 Å². The van der Waals surface area contributed by atoms with Crippen molar-refractivity contribution < 1.29 is 4.79 Å². The van der Waals surface area contributed by atoms with E-state index in [-0.39, 0.29) is 5.91 Å². The maximum Gasteiger partial charge on any atom is 0.243 e. The van der Waals surface area contributed by atoms with Crippen molar-refractivity contribution in [2.45, 2.75) is 63.6 Å². The van der Waals surface area contributed by atoms with Gasteiger partial charge in [0.15, 0.2) is 0 Å². The summed E-state index contributed by atoms with van der Waals surface area (Å²) in [6.45, 7) is 2.96. The Morgan fingerprint density at radius 2 is 2.30 bits per heavy atom. The fourth-order valence-electron chi connectivity index (χ4n) is 3.40. The summed E-state index contributed by atoms with van der Waals surface area (Å²) in [4.78, 5) is 16.3. The molecule has 0 aliphatic heterocycles. The maximum absolute atomic E-state index is 13.0. The molecule has 2 aliphatic carbocycles. The first-order chi connectivity index (χ1) is 9.58. The molecular weight excluding hydrogens is 268 g/mol. The molecular formula is C16H24N2OS. The Labute approximate surface area is 125 Å². The van der Waals surface area contributed by atoms with Crippen molar-refractivity contribution in [3.8, 4) is 0 Å². The van der Waals surface area contributed by atoms with Gasteiger partial charge in [0.25, 0.3) is 0 Å². The van der Waals surface area contributed by atoms with E-state index in [0.29, 0.717) is 12.0 Å². The first kappa shape index (κ1) is 14.1. The van der Waals surface area contributed by atoms with Crippen LogP contribution < -0.4 is 5.73 Å². The summed E-state index contributed by atoms with van der Waals surface area (Å²) in [7, 11) is 0. The molecule has 2 saturated carbocycles. The second-order valence-electron chi connectivity index (χ2n) is 6.60. The normalized spacial score (nSPS) is 30.2. The van der Waals surface area contributed by atoms with Crippen LogP contribution in [0.15, 0.2) is 17.5 Å². The van der Waals surface area contributed by atoms with E-state index in [9.17, 15) is 4.79 Å². The Kier molecular flexibility index (Phi) is 3.87. The lowest BCUT2D eigenvalue weighted by Gasteiger charge is -2.39. The van der Waals surface area contributed by atoms with E-state index in [1.54, 1.807) is 11.3 Å². The zero-order valence-corrected chi connectivity index (χ0v) is 13.0. The summed E-state index contributed by atoms with van der Waals surface area (Å²) < 4.78 is 0. The van der Waals surface area contributed by atoms with Crippen molar-refractivity contribution in [1.29, 1.82) is 0 Å². The van der Waals surface area contributed by atoms with Crippen LogP contribution in [0.1, 0.15) is 50.3 Å². The summed E-state index contributed by atoms with van der Waals surface area (Å²) in [5.41, 5.74) is 5.89. The van der Waals surface area contributed by atoms with Gasteiger partial charge < -0.3 is 10.6 Å². The van der Waals surface area contributed by atoms with E-state index >= 15 is 0 Å². The van der Waals surface area contributed by atoms with Crippen molar-refractivity contribution in [3.05, 3.63) is 22.4 Å². The Morgan fingerprint density at radius 1 is 1.50 bits per heavy atom. The van der Waals surface area contributed by atoms with Gasteiger partial charge in [-0.05, 0) is 43.0 Å². The van der Waals surface area contributed by atoms with Crippen LogP contribution in [0.3, 0.4) is 0 Å². The second-order valence-corrected chi connectivity index (χ2v) is 7.63. The molecule has 0 bridgehead atoms. The lowest BCUT2D eigenvalue weighted by atomic mass is 9.76. The average molecular weight is 292 g/mol. The summed E-state index contributed by atoms with van der Waals surface area (Å²) in [5, 5.41) is 2.08. The number of thiophene rings is 1. The van der Waals surface area contributed by atoms with Gasteiger partial charge in [0.05, 0.1) is 12.1 Å². The van der Waals surface area contributed by atoms with Crippen LogP contribution in [0.2, 0.25) is 0 Å². The van der Waals surface area contributed by atoms with E-state index in [1.165, 1.54) is 11.3 Å². The molecule has 2 aliphatic rings. The predicted molar refractivity (Wildman–Crippen MR) is 82.4 cm³/mol. The first-order valence-electron chi connectivity index (χ1n) is 7.71. The van der Waals surface area contributed by atoms with E-state index in [4.69, 9.17) is 5.73 Å². The number of carbonyl (C=O) groups is 1. The molecule has 2 N–H and O–H groups in total. The van der Waals surface area contributed by atoms with Crippen LogP contribution in [-0.4, -0.2) is 22.4 Å². The second kappa shape index (κ2) is 5.49. The third-order valence-electron chi connectivity index (χ3n) is 4.61. The third kappa shape index (κ3) is 2.91. The lowest BCUT2D eigenvalue weighted by molar-refractivity contribution is -0.140. The number of nitrogens with zero attached hydrogens (tertiary/aromatic N) is 1. The van der Waals surface area contributed by atoms with Gasteiger partial charge in [0, 0.05) is 10.9 Å². The minimum atomic E-state index is -0.614. The van der Waals surface area contributed by atoms with E-state index in [0.717, 1.165) is 38.6 Å². The smallest absolute Gasteiger partial charge is 0.243 e. The Balaban J connectivity index is 1.75. The monoisotopic (exact) mass is 292 g/mol. The third-order valence-corrected chi connectivity index (χ3v) is 5.47. The number of amides is 1. The van der Waals surface area contributed by atoms with Crippen LogP contribution in [0.5, 0.6) is 0 Å². The fourth-order valence-corrected chi connectivity index (χ4v) is 4.10. The molecule has 3 rings (SSSR count). The number of carbonyl (C=O) groups excluding carboxylic acids is 1. The molecule has 0 saturated heterocycles.